The number of likely N-dealkylation sites (N-methyl/N-ethyl adjacent to an activating group) is 1. The van der Waals surface area contributed by atoms with Crippen LogP contribution in [0.1, 0.15) is 43.5 Å². The molecule has 7 heteroatoms. The SMILES string of the molecule is CCOc1ccc(C(O)=C2C(=O)C(=O)N(CCN(CC)CC)C2c2cccc(Oc3ccccc3)c2)c(C)c1. The molecule has 0 radical (unpaired) electrons. The smallest absolute Gasteiger partial charge is 0.295 e. The Morgan fingerprint density at radius 1 is 0.897 bits per heavy atom. The lowest BCUT2D eigenvalue weighted by Gasteiger charge is -2.28. The Morgan fingerprint density at radius 3 is 2.28 bits per heavy atom. The average molecular weight is 529 g/mol. The number of ketones is 1. The van der Waals surface area contributed by atoms with Crippen molar-refractivity contribution < 1.29 is 24.2 Å². The number of aryl methyl sites for hydroxylation is 1. The van der Waals surface area contributed by atoms with Gasteiger partial charge in [-0.25, -0.2) is 0 Å². The van der Waals surface area contributed by atoms with Crippen molar-refractivity contribution in [3.8, 4) is 17.2 Å². The van der Waals surface area contributed by atoms with Gasteiger partial charge in [0.15, 0.2) is 0 Å². The molecule has 1 N–H and O–H groups in total. The molecule has 7 nitrogen and oxygen atoms in total. The Bertz CT molecular complexity index is 1350. The first-order valence-corrected chi connectivity index (χ1v) is 13.4. The van der Waals surface area contributed by atoms with Crippen molar-refractivity contribution in [2.75, 3.05) is 32.8 Å². The second kappa shape index (κ2) is 12.6. The van der Waals surface area contributed by atoms with Crippen LogP contribution < -0.4 is 9.47 Å². The van der Waals surface area contributed by atoms with Gasteiger partial charge in [0.05, 0.1) is 18.2 Å². The van der Waals surface area contributed by atoms with Crippen LogP contribution in [-0.4, -0.2) is 59.4 Å². The lowest BCUT2D eigenvalue weighted by molar-refractivity contribution is -0.140. The molecule has 0 aromatic heterocycles. The van der Waals surface area contributed by atoms with Crippen LogP contribution in [0.4, 0.5) is 0 Å². The molecule has 1 aliphatic rings. The van der Waals surface area contributed by atoms with Crippen LogP contribution in [0.3, 0.4) is 0 Å². The van der Waals surface area contributed by atoms with E-state index in [9.17, 15) is 14.7 Å². The third-order valence-corrected chi connectivity index (χ3v) is 7.01. The Morgan fingerprint density at radius 2 is 1.62 bits per heavy atom. The highest BCUT2D eigenvalue weighted by Gasteiger charge is 2.46. The van der Waals surface area contributed by atoms with Gasteiger partial charge in [0.2, 0.25) is 0 Å². The Hall–Kier alpha value is -4.10. The van der Waals surface area contributed by atoms with Gasteiger partial charge in [-0.15, -0.1) is 0 Å². The van der Waals surface area contributed by atoms with E-state index in [0.29, 0.717) is 48.1 Å². The number of para-hydroxylation sites is 1. The quantitative estimate of drug-likeness (QED) is 0.188. The predicted octanol–water partition coefficient (Wildman–Crippen LogP) is 5.95. The molecule has 0 aliphatic carbocycles. The summed E-state index contributed by atoms with van der Waals surface area (Å²) in [5, 5.41) is 11.5. The molecule has 0 spiro atoms. The molecule has 3 aromatic carbocycles. The minimum absolute atomic E-state index is 0.0728. The van der Waals surface area contributed by atoms with E-state index in [1.807, 2.05) is 74.5 Å². The van der Waals surface area contributed by atoms with E-state index in [4.69, 9.17) is 9.47 Å². The van der Waals surface area contributed by atoms with E-state index in [1.54, 1.807) is 17.0 Å². The van der Waals surface area contributed by atoms with Crippen LogP contribution >= 0.6 is 0 Å². The number of hydrogen-bond donors (Lipinski definition) is 1. The number of ether oxygens (including phenoxy) is 2. The summed E-state index contributed by atoms with van der Waals surface area (Å²) in [7, 11) is 0. The standard InChI is InChI=1S/C32H36N2O5/c1-5-33(6-2)18-19-34-29(23-12-11-15-26(21-23)39-24-13-9-8-10-14-24)28(31(36)32(34)37)30(35)27-17-16-25(38-7-3)20-22(27)4/h8-17,20-21,29,35H,5-7,18-19H2,1-4H3. The lowest BCUT2D eigenvalue weighted by Crippen LogP contribution is -2.38. The minimum Gasteiger partial charge on any atom is -0.507 e. The number of carbonyl (C=O) groups excluding carboxylic acids is 2. The molecular formula is C32H36N2O5. The summed E-state index contributed by atoms with van der Waals surface area (Å²) in [5.74, 6) is 0.416. The van der Waals surface area contributed by atoms with Crippen molar-refractivity contribution in [2.45, 2.75) is 33.7 Å². The monoisotopic (exact) mass is 528 g/mol. The zero-order valence-corrected chi connectivity index (χ0v) is 23.0. The fourth-order valence-corrected chi connectivity index (χ4v) is 4.92. The topological polar surface area (TPSA) is 79.3 Å². The van der Waals surface area contributed by atoms with Gasteiger partial charge < -0.3 is 24.4 Å². The molecule has 1 amide bonds. The molecule has 1 saturated heterocycles. The maximum Gasteiger partial charge on any atom is 0.295 e. The van der Waals surface area contributed by atoms with Gasteiger partial charge in [0.1, 0.15) is 23.0 Å². The number of nitrogens with zero attached hydrogens (tertiary/aromatic N) is 2. The fourth-order valence-electron chi connectivity index (χ4n) is 4.92. The molecule has 1 unspecified atom stereocenters. The van der Waals surface area contributed by atoms with Crippen molar-refractivity contribution in [3.05, 3.63) is 95.1 Å². The number of likely N-dealkylation sites (tertiary alicyclic amines) is 1. The molecule has 1 fully saturated rings. The highest BCUT2D eigenvalue weighted by atomic mass is 16.5. The number of aliphatic hydroxyl groups is 1. The van der Waals surface area contributed by atoms with E-state index in [-0.39, 0.29) is 11.3 Å². The Balaban J connectivity index is 1.80. The van der Waals surface area contributed by atoms with Gasteiger partial charge in [0, 0.05) is 18.7 Å². The number of carbonyl (C=O) groups is 2. The van der Waals surface area contributed by atoms with Crippen LogP contribution in [0.5, 0.6) is 17.2 Å². The van der Waals surface area contributed by atoms with E-state index in [1.165, 1.54) is 0 Å². The molecule has 0 bridgehead atoms. The number of amides is 1. The second-order valence-corrected chi connectivity index (χ2v) is 9.42. The summed E-state index contributed by atoms with van der Waals surface area (Å²) in [4.78, 5) is 30.6. The maximum atomic E-state index is 13.5. The highest BCUT2D eigenvalue weighted by Crippen LogP contribution is 2.41. The summed E-state index contributed by atoms with van der Waals surface area (Å²) >= 11 is 0. The van der Waals surface area contributed by atoms with Crippen molar-refractivity contribution in [1.29, 1.82) is 0 Å². The van der Waals surface area contributed by atoms with Crippen molar-refractivity contribution in [1.82, 2.24) is 9.80 Å². The highest BCUT2D eigenvalue weighted by molar-refractivity contribution is 6.46. The molecular weight excluding hydrogens is 492 g/mol. The van der Waals surface area contributed by atoms with Crippen molar-refractivity contribution >= 4 is 17.4 Å². The zero-order valence-electron chi connectivity index (χ0n) is 23.0. The Labute approximate surface area is 230 Å². The van der Waals surface area contributed by atoms with Crippen molar-refractivity contribution in [3.63, 3.8) is 0 Å². The third-order valence-electron chi connectivity index (χ3n) is 7.01. The molecule has 39 heavy (non-hydrogen) atoms. The minimum atomic E-state index is -0.758. The number of benzene rings is 3. The van der Waals surface area contributed by atoms with Gasteiger partial charge in [0.25, 0.3) is 11.7 Å². The summed E-state index contributed by atoms with van der Waals surface area (Å²) < 4.78 is 11.6. The first-order chi connectivity index (χ1) is 18.9. The van der Waals surface area contributed by atoms with E-state index in [2.05, 4.69) is 18.7 Å². The normalized spacial score (nSPS) is 16.6. The first kappa shape index (κ1) is 27.9. The summed E-state index contributed by atoms with van der Waals surface area (Å²) in [6.07, 6.45) is 0. The molecule has 1 heterocycles. The van der Waals surface area contributed by atoms with Crippen LogP contribution in [0.25, 0.3) is 5.76 Å². The predicted molar refractivity (Wildman–Crippen MR) is 152 cm³/mol. The van der Waals surface area contributed by atoms with E-state index >= 15 is 0 Å². The van der Waals surface area contributed by atoms with Crippen molar-refractivity contribution in [2.24, 2.45) is 0 Å². The van der Waals surface area contributed by atoms with Crippen LogP contribution in [0.2, 0.25) is 0 Å². The van der Waals surface area contributed by atoms with E-state index < -0.39 is 17.7 Å². The zero-order chi connectivity index (χ0) is 27.9. The fraction of sp³-hybridized carbons (Fsp3) is 0.312. The summed E-state index contributed by atoms with van der Waals surface area (Å²) in [6, 6.07) is 21.3. The molecule has 1 atom stereocenters. The third kappa shape index (κ3) is 6.15. The van der Waals surface area contributed by atoms with Gasteiger partial charge in [-0.3, -0.25) is 9.59 Å². The molecule has 204 valence electrons. The van der Waals surface area contributed by atoms with Crippen LogP contribution in [0.15, 0.2) is 78.4 Å². The van der Waals surface area contributed by atoms with Gasteiger partial charge in [-0.1, -0.05) is 44.2 Å². The summed E-state index contributed by atoms with van der Waals surface area (Å²) in [5.41, 5.74) is 1.99. The van der Waals surface area contributed by atoms with Crippen LogP contribution in [-0.2, 0) is 9.59 Å². The summed E-state index contributed by atoms with van der Waals surface area (Å²) in [6.45, 7) is 11.0. The number of Topliss-reactive ketones (excluding diaryl/α,β-unsaturated/α-hetero) is 1. The average Bonchev–Trinajstić information content (AvgIpc) is 3.19. The van der Waals surface area contributed by atoms with Gasteiger partial charge in [-0.05, 0) is 80.5 Å². The Kier molecular flexibility index (Phi) is 9.04. The molecule has 3 aromatic rings. The largest absolute Gasteiger partial charge is 0.507 e. The molecule has 4 rings (SSSR count). The molecule has 0 saturated carbocycles. The van der Waals surface area contributed by atoms with Gasteiger partial charge >= 0.3 is 0 Å². The second-order valence-electron chi connectivity index (χ2n) is 9.42. The molecule has 1 aliphatic heterocycles. The maximum absolute atomic E-state index is 13.5. The first-order valence-electron chi connectivity index (χ1n) is 13.4. The lowest BCUT2D eigenvalue weighted by atomic mass is 9.93. The van der Waals surface area contributed by atoms with Crippen LogP contribution in [0, 0.1) is 6.92 Å². The number of hydrogen-bond acceptors (Lipinski definition) is 6. The van der Waals surface area contributed by atoms with E-state index in [0.717, 1.165) is 18.7 Å². The van der Waals surface area contributed by atoms with Gasteiger partial charge in [-0.2, -0.15) is 0 Å². The number of aliphatic hydroxyl groups excluding tert-OH is 1. The number of rotatable bonds is 11.